The molecule has 1 aromatic rings. The van der Waals surface area contributed by atoms with E-state index < -0.39 is 0 Å². The average Bonchev–Trinajstić information content (AvgIpc) is 2.37. The topological polar surface area (TPSA) is 15.3 Å². The van der Waals surface area contributed by atoms with E-state index in [-0.39, 0.29) is 0 Å². The molecule has 108 valence electrons. The summed E-state index contributed by atoms with van der Waals surface area (Å²) in [6.45, 7) is 11.1. The first kappa shape index (κ1) is 16.2. The van der Waals surface area contributed by atoms with Gasteiger partial charge >= 0.3 is 0 Å². The van der Waals surface area contributed by atoms with Gasteiger partial charge in [0, 0.05) is 13.1 Å². The highest BCUT2D eigenvalue weighted by atomic mass is 15.1. The van der Waals surface area contributed by atoms with Crippen molar-refractivity contribution in [3.63, 3.8) is 0 Å². The molecule has 19 heavy (non-hydrogen) atoms. The first-order chi connectivity index (χ1) is 9.11. The Balaban J connectivity index is 2.26. The first-order valence-corrected chi connectivity index (χ1v) is 7.59. The minimum atomic E-state index is 0.760. The van der Waals surface area contributed by atoms with Gasteiger partial charge in [0.05, 0.1) is 0 Å². The summed E-state index contributed by atoms with van der Waals surface area (Å²) in [6, 6.07) is 9.04. The molecule has 0 aliphatic heterocycles. The Labute approximate surface area is 119 Å². The van der Waals surface area contributed by atoms with Crippen molar-refractivity contribution in [2.24, 2.45) is 5.92 Å². The van der Waals surface area contributed by atoms with Crippen molar-refractivity contribution in [1.82, 2.24) is 10.2 Å². The second-order valence-electron chi connectivity index (χ2n) is 5.86. The van der Waals surface area contributed by atoms with Gasteiger partial charge in [-0.15, -0.1) is 0 Å². The maximum absolute atomic E-state index is 3.35. The van der Waals surface area contributed by atoms with Gasteiger partial charge in [-0.05, 0) is 50.0 Å². The molecular formula is C17H30N2. The van der Waals surface area contributed by atoms with Gasteiger partial charge in [0.2, 0.25) is 0 Å². The molecular weight excluding hydrogens is 232 g/mol. The summed E-state index contributed by atoms with van der Waals surface area (Å²) in [5.41, 5.74) is 2.83. The van der Waals surface area contributed by atoms with Gasteiger partial charge in [-0.1, -0.05) is 45.0 Å². The lowest BCUT2D eigenvalue weighted by Crippen LogP contribution is -2.24. The normalized spacial score (nSPS) is 11.5. The number of benzene rings is 1. The highest BCUT2D eigenvalue weighted by molar-refractivity contribution is 5.22. The van der Waals surface area contributed by atoms with Crippen molar-refractivity contribution in [2.45, 2.75) is 40.2 Å². The van der Waals surface area contributed by atoms with Crippen LogP contribution in [0, 0.1) is 5.92 Å². The van der Waals surface area contributed by atoms with E-state index in [1.54, 1.807) is 0 Å². The Morgan fingerprint density at radius 3 is 2.32 bits per heavy atom. The van der Waals surface area contributed by atoms with E-state index in [1.807, 2.05) is 0 Å². The van der Waals surface area contributed by atoms with Crippen molar-refractivity contribution < 1.29 is 0 Å². The van der Waals surface area contributed by atoms with Gasteiger partial charge in [-0.3, -0.25) is 0 Å². The summed E-state index contributed by atoms with van der Waals surface area (Å²) in [5.74, 6) is 0.760. The van der Waals surface area contributed by atoms with Crippen molar-refractivity contribution in [3.05, 3.63) is 35.4 Å². The molecule has 0 heterocycles. The predicted molar refractivity (Wildman–Crippen MR) is 84.5 cm³/mol. The van der Waals surface area contributed by atoms with E-state index in [0.29, 0.717) is 0 Å². The lowest BCUT2D eigenvalue weighted by atomic mass is 10.1. The Hall–Kier alpha value is -0.860. The summed E-state index contributed by atoms with van der Waals surface area (Å²) < 4.78 is 0. The second kappa shape index (κ2) is 9.11. The van der Waals surface area contributed by atoms with Crippen LogP contribution in [-0.4, -0.2) is 31.6 Å². The van der Waals surface area contributed by atoms with Crippen LogP contribution in [0.3, 0.4) is 0 Å². The number of nitrogens with zero attached hydrogens (tertiary/aromatic N) is 1. The zero-order chi connectivity index (χ0) is 14.1. The molecule has 0 spiro atoms. The number of aryl methyl sites for hydroxylation is 1. The molecule has 0 fully saturated rings. The lowest BCUT2D eigenvalue weighted by molar-refractivity contribution is 0.292. The van der Waals surface area contributed by atoms with Gasteiger partial charge in [0.15, 0.2) is 0 Å². The van der Waals surface area contributed by atoms with Crippen molar-refractivity contribution >= 4 is 0 Å². The average molecular weight is 262 g/mol. The highest BCUT2D eigenvalue weighted by Crippen LogP contribution is 2.07. The fraction of sp³-hybridized carbons (Fsp3) is 0.647. The van der Waals surface area contributed by atoms with Crippen LogP contribution in [0.1, 0.15) is 38.3 Å². The highest BCUT2D eigenvalue weighted by Gasteiger charge is 2.01. The van der Waals surface area contributed by atoms with Crippen LogP contribution < -0.4 is 5.32 Å². The molecule has 0 aliphatic carbocycles. The maximum Gasteiger partial charge on any atom is 0.0205 e. The summed E-state index contributed by atoms with van der Waals surface area (Å²) >= 11 is 0. The van der Waals surface area contributed by atoms with Gasteiger partial charge < -0.3 is 10.2 Å². The molecule has 0 amide bonds. The Bertz CT molecular complexity index is 330. The molecule has 0 aromatic heterocycles. The standard InChI is InChI=1S/C17H30N2/c1-5-18-13-17-10-8-16(9-11-17)7-6-12-19(4)14-15(2)3/h8-11,15,18H,5-7,12-14H2,1-4H3. The maximum atomic E-state index is 3.35. The van der Waals surface area contributed by atoms with Crippen LogP contribution in [0.15, 0.2) is 24.3 Å². The third kappa shape index (κ3) is 7.34. The molecule has 0 unspecified atom stereocenters. The SMILES string of the molecule is CCNCc1ccc(CCCN(C)CC(C)C)cc1. The van der Waals surface area contributed by atoms with Crippen LogP contribution in [0.25, 0.3) is 0 Å². The van der Waals surface area contributed by atoms with Crippen LogP contribution >= 0.6 is 0 Å². The van der Waals surface area contributed by atoms with E-state index in [4.69, 9.17) is 0 Å². The molecule has 0 bridgehead atoms. The molecule has 0 saturated carbocycles. The van der Waals surface area contributed by atoms with E-state index in [0.717, 1.165) is 19.0 Å². The van der Waals surface area contributed by atoms with Gasteiger partial charge in [0.25, 0.3) is 0 Å². The quantitative estimate of drug-likeness (QED) is 0.734. The van der Waals surface area contributed by atoms with Crippen LogP contribution in [0.4, 0.5) is 0 Å². The summed E-state index contributed by atoms with van der Waals surface area (Å²) in [6.07, 6.45) is 2.43. The van der Waals surface area contributed by atoms with Crippen molar-refractivity contribution in [1.29, 1.82) is 0 Å². The lowest BCUT2D eigenvalue weighted by Gasteiger charge is -2.18. The van der Waals surface area contributed by atoms with E-state index in [1.165, 1.54) is 37.1 Å². The number of hydrogen-bond acceptors (Lipinski definition) is 2. The van der Waals surface area contributed by atoms with Crippen LogP contribution in [-0.2, 0) is 13.0 Å². The molecule has 1 N–H and O–H groups in total. The molecule has 0 saturated heterocycles. The van der Waals surface area contributed by atoms with Crippen LogP contribution in [0.2, 0.25) is 0 Å². The molecule has 1 aromatic carbocycles. The van der Waals surface area contributed by atoms with E-state index in [9.17, 15) is 0 Å². The third-order valence-electron chi connectivity index (χ3n) is 3.28. The molecule has 2 heteroatoms. The molecule has 2 nitrogen and oxygen atoms in total. The smallest absolute Gasteiger partial charge is 0.0205 e. The van der Waals surface area contributed by atoms with E-state index >= 15 is 0 Å². The Kier molecular flexibility index (Phi) is 7.76. The molecule has 1 rings (SSSR count). The van der Waals surface area contributed by atoms with Crippen molar-refractivity contribution in [2.75, 3.05) is 26.7 Å². The minimum absolute atomic E-state index is 0.760. The molecule has 0 radical (unpaired) electrons. The Morgan fingerprint density at radius 1 is 1.11 bits per heavy atom. The largest absolute Gasteiger partial charge is 0.313 e. The predicted octanol–water partition coefficient (Wildman–Crippen LogP) is 3.32. The monoisotopic (exact) mass is 262 g/mol. The van der Waals surface area contributed by atoms with E-state index in [2.05, 4.69) is 62.3 Å². The zero-order valence-electron chi connectivity index (χ0n) is 13.1. The number of nitrogens with one attached hydrogen (secondary N) is 1. The Morgan fingerprint density at radius 2 is 1.74 bits per heavy atom. The number of rotatable bonds is 9. The summed E-state index contributed by atoms with van der Waals surface area (Å²) in [4.78, 5) is 2.43. The molecule has 0 aliphatic rings. The minimum Gasteiger partial charge on any atom is -0.313 e. The van der Waals surface area contributed by atoms with Gasteiger partial charge in [-0.25, -0.2) is 0 Å². The third-order valence-corrected chi connectivity index (χ3v) is 3.28. The van der Waals surface area contributed by atoms with Gasteiger partial charge in [0.1, 0.15) is 0 Å². The summed E-state index contributed by atoms with van der Waals surface area (Å²) in [5, 5.41) is 3.35. The second-order valence-corrected chi connectivity index (χ2v) is 5.86. The fourth-order valence-electron chi connectivity index (χ4n) is 2.36. The first-order valence-electron chi connectivity index (χ1n) is 7.59. The summed E-state index contributed by atoms with van der Waals surface area (Å²) in [7, 11) is 2.22. The van der Waals surface area contributed by atoms with Crippen LogP contribution in [0.5, 0.6) is 0 Å². The number of hydrogen-bond donors (Lipinski definition) is 1. The molecule has 0 atom stereocenters. The van der Waals surface area contributed by atoms with Crippen molar-refractivity contribution in [3.8, 4) is 0 Å². The van der Waals surface area contributed by atoms with Gasteiger partial charge in [-0.2, -0.15) is 0 Å². The zero-order valence-corrected chi connectivity index (χ0v) is 13.1. The fourth-order valence-corrected chi connectivity index (χ4v) is 2.36.